The average Bonchev–Trinajstić information content (AvgIpc) is 2.34. The second-order valence-corrected chi connectivity index (χ2v) is 4.82. The number of ether oxygens (including phenoxy) is 1. The topological polar surface area (TPSA) is 61.8 Å². The molecular weight excluding hydrogens is 220 g/mol. The maximum Gasteiger partial charge on any atom is 0.228 e. The van der Waals surface area contributed by atoms with Crippen LogP contribution in [-0.2, 0) is 9.53 Å². The van der Waals surface area contributed by atoms with Crippen molar-refractivity contribution in [2.24, 2.45) is 5.41 Å². The van der Waals surface area contributed by atoms with Crippen LogP contribution in [0, 0.1) is 5.41 Å². The summed E-state index contributed by atoms with van der Waals surface area (Å²) in [6.45, 7) is 5.26. The molecule has 0 aromatic rings. The van der Waals surface area contributed by atoms with Crippen molar-refractivity contribution in [2.75, 3.05) is 46.5 Å². The highest BCUT2D eigenvalue weighted by Gasteiger charge is 2.37. The second kappa shape index (κ2) is 6.93. The van der Waals surface area contributed by atoms with Gasteiger partial charge in [-0.1, -0.05) is 6.92 Å². The Morgan fingerprint density at radius 1 is 1.41 bits per heavy atom. The largest absolute Gasteiger partial charge is 0.395 e. The number of methoxy groups -OCH3 is 1. The van der Waals surface area contributed by atoms with E-state index in [-0.39, 0.29) is 17.9 Å². The molecule has 5 nitrogen and oxygen atoms in total. The Morgan fingerprint density at radius 2 is 2.06 bits per heavy atom. The van der Waals surface area contributed by atoms with Crippen LogP contribution in [0.15, 0.2) is 0 Å². The Labute approximate surface area is 103 Å². The Kier molecular flexibility index (Phi) is 5.88. The van der Waals surface area contributed by atoms with E-state index in [0.29, 0.717) is 19.7 Å². The normalized spacial score (nSPS) is 19.0. The van der Waals surface area contributed by atoms with Crippen molar-refractivity contribution in [2.45, 2.75) is 19.8 Å². The minimum atomic E-state index is -0.284. The first-order chi connectivity index (χ1) is 8.14. The molecule has 1 saturated heterocycles. The number of aliphatic hydroxyl groups excluding tert-OH is 1. The van der Waals surface area contributed by atoms with Crippen LogP contribution in [0.25, 0.3) is 0 Å². The summed E-state index contributed by atoms with van der Waals surface area (Å²) < 4.78 is 5.00. The molecule has 5 heteroatoms. The molecule has 17 heavy (non-hydrogen) atoms. The number of piperidine rings is 1. The quantitative estimate of drug-likeness (QED) is 0.682. The molecule has 0 aliphatic carbocycles. The number of aliphatic hydroxyl groups is 1. The van der Waals surface area contributed by atoms with Crippen molar-refractivity contribution in [3.63, 3.8) is 0 Å². The third kappa shape index (κ3) is 3.94. The van der Waals surface area contributed by atoms with Gasteiger partial charge in [0, 0.05) is 25.6 Å². The van der Waals surface area contributed by atoms with Crippen molar-refractivity contribution in [3.8, 4) is 0 Å². The van der Waals surface area contributed by atoms with Crippen LogP contribution in [0.4, 0.5) is 0 Å². The van der Waals surface area contributed by atoms with Crippen LogP contribution in [0.5, 0.6) is 0 Å². The van der Waals surface area contributed by atoms with Gasteiger partial charge in [0.25, 0.3) is 0 Å². The lowest BCUT2D eigenvalue weighted by Gasteiger charge is -2.37. The van der Waals surface area contributed by atoms with Crippen LogP contribution in [0.3, 0.4) is 0 Å². The summed E-state index contributed by atoms with van der Waals surface area (Å²) in [5.41, 5.74) is -0.284. The number of nitrogens with one attached hydrogen (secondary N) is 1. The summed E-state index contributed by atoms with van der Waals surface area (Å²) in [7, 11) is 1.62. The van der Waals surface area contributed by atoms with Gasteiger partial charge in [-0.15, -0.1) is 0 Å². The van der Waals surface area contributed by atoms with Crippen molar-refractivity contribution < 1.29 is 14.6 Å². The predicted octanol–water partition coefficient (Wildman–Crippen LogP) is -0.157. The number of carbonyl (C=O) groups excluding carboxylic acids is 1. The van der Waals surface area contributed by atoms with Crippen molar-refractivity contribution in [3.05, 3.63) is 0 Å². The summed E-state index contributed by atoms with van der Waals surface area (Å²) in [5, 5.41) is 12.3. The first-order valence-electron chi connectivity index (χ1n) is 6.24. The Morgan fingerprint density at radius 3 is 2.59 bits per heavy atom. The first-order valence-corrected chi connectivity index (χ1v) is 6.24. The second-order valence-electron chi connectivity index (χ2n) is 4.82. The van der Waals surface area contributed by atoms with Crippen molar-refractivity contribution >= 4 is 5.91 Å². The highest BCUT2D eigenvalue weighted by atomic mass is 16.5. The van der Waals surface area contributed by atoms with Gasteiger partial charge in [-0.3, -0.25) is 4.79 Å². The molecule has 0 unspecified atom stereocenters. The van der Waals surface area contributed by atoms with Crippen molar-refractivity contribution in [1.29, 1.82) is 0 Å². The number of carbonyl (C=O) groups is 1. The van der Waals surface area contributed by atoms with E-state index < -0.39 is 0 Å². The molecule has 0 atom stereocenters. The Balaban J connectivity index is 2.61. The standard InChI is InChI=1S/C12H24N2O3/c1-12(3-5-13-6-4-12)11(16)14(7-9-15)8-10-17-2/h13,15H,3-10H2,1-2H3. The summed E-state index contributed by atoms with van der Waals surface area (Å²) in [6, 6.07) is 0. The molecule has 2 N–H and O–H groups in total. The molecule has 0 aromatic carbocycles. The third-order valence-electron chi connectivity index (χ3n) is 3.45. The lowest BCUT2D eigenvalue weighted by atomic mass is 9.79. The number of hydrogen-bond acceptors (Lipinski definition) is 4. The van der Waals surface area contributed by atoms with Gasteiger partial charge in [0.15, 0.2) is 0 Å². The molecule has 0 saturated carbocycles. The van der Waals surface area contributed by atoms with E-state index in [1.54, 1.807) is 12.0 Å². The van der Waals surface area contributed by atoms with Crippen LogP contribution >= 0.6 is 0 Å². The molecule has 1 heterocycles. The molecule has 0 spiro atoms. The number of rotatable bonds is 6. The van der Waals surface area contributed by atoms with E-state index in [1.165, 1.54) is 0 Å². The van der Waals surface area contributed by atoms with Crippen LogP contribution in [0.1, 0.15) is 19.8 Å². The van der Waals surface area contributed by atoms with E-state index in [4.69, 9.17) is 9.84 Å². The zero-order valence-corrected chi connectivity index (χ0v) is 10.9. The van der Waals surface area contributed by atoms with Crippen molar-refractivity contribution in [1.82, 2.24) is 10.2 Å². The average molecular weight is 244 g/mol. The minimum absolute atomic E-state index is 0.00375. The van der Waals surface area contributed by atoms with Gasteiger partial charge in [-0.25, -0.2) is 0 Å². The van der Waals surface area contributed by atoms with Gasteiger partial charge in [-0.2, -0.15) is 0 Å². The molecule has 100 valence electrons. The molecule has 1 aliphatic rings. The molecule has 0 bridgehead atoms. The first kappa shape index (κ1) is 14.4. The van der Waals surface area contributed by atoms with Crippen LogP contribution in [0.2, 0.25) is 0 Å². The Hall–Kier alpha value is -0.650. The van der Waals surface area contributed by atoms with E-state index >= 15 is 0 Å². The molecule has 1 rings (SSSR count). The van der Waals surface area contributed by atoms with Crippen LogP contribution < -0.4 is 5.32 Å². The van der Waals surface area contributed by atoms with E-state index in [9.17, 15) is 4.79 Å². The maximum atomic E-state index is 12.4. The fourth-order valence-corrected chi connectivity index (χ4v) is 2.21. The van der Waals surface area contributed by atoms with Gasteiger partial charge in [0.2, 0.25) is 5.91 Å². The summed E-state index contributed by atoms with van der Waals surface area (Å²) in [4.78, 5) is 14.2. The van der Waals surface area contributed by atoms with Gasteiger partial charge >= 0.3 is 0 Å². The predicted molar refractivity (Wildman–Crippen MR) is 65.8 cm³/mol. The minimum Gasteiger partial charge on any atom is -0.395 e. The monoisotopic (exact) mass is 244 g/mol. The number of amides is 1. The van der Waals surface area contributed by atoms with Crippen LogP contribution in [-0.4, -0.2) is 62.4 Å². The molecule has 1 aliphatic heterocycles. The zero-order chi connectivity index (χ0) is 12.7. The lowest BCUT2D eigenvalue weighted by molar-refractivity contribution is -0.144. The van der Waals surface area contributed by atoms with E-state index in [2.05, 4.69) is 5.32 Å². The fourth-order valence-electron chi connectivity index (χ4n) is 2.21. The summed E-state index contributed by atoms with van der Waals surface area (Å²) in [5.74, 6) is 0.144. The summed E-state index contributed by atoms with van der Waals surface area (Å²) >= 11 is 0. The van der Waals surface area contributed by atoms with E-state index in [0.717, 1.165) is 25.9 Å². The number of hydrogen-bond donors (Lipinski definition) is 2. The molecule has 1 fully saturated rings. The Bertz CT molecular complexity index is 240. The van der Waals surface area contributed by atoms with Gasteiger partial charge < -0.3 is 20.1 Å². The smallest absolute Gasteiger partial charge is 0.228 e. The van der Waals surface area contributed by atoms with Gasteiger partial charge in [0.1, 0.15) is 0 Å². The third-order valence-corrected chi connectivity index (χ3v) is 3.45. The molecule has 0 radical (unpaired) electrons. The highest BCUT2D eigenvalue weighted by molar-refractivity contribution is 5.82. The van der Waals surface area contributed by atoms with E-state index in [1.807, 2.05) is 6.92 Å². The zero-order valence-electron chi connectivity index (χ0n) is 10.9. The lowest BCUT2D eigenvalue weighted by Crippen LogP contribution is -2.49. The maximum absolute atomic E-state index is 12.4. The number of nitrogens with zero attached hydrogens (tertiary/aromatic N) is 1. The molecular formula is C12H24N2O3. The molecule has 1 amide bonds. The summed E-state index contributed by atoms with van der Waals surface area (Å²) in [6.07, 6.45) is 1.72. The molecule has 0 aromatic heterocycles. The van der Waals surface area contributed by atoms with Gasteiger partial charge in [0.05, 0.1) is 13.2 Å². The van der Waals surface area contributed by atoms with Gasteiger partial charge in [-0.05, 0) is 25.9 Å². The fraction of sp³-hybridized carbons (Fsp3) is 0.917. The highest BCUT2D eigenvalue weighted by Crippen LogP contribution is 2.30. The SMILES string of the molecule is COCCN(CCO)C(=O)C1(C)CCNCC1.